The van der Waals surface area contributed by atoms with Crippen LogP contribution in [-0.2, 0) is 14.6 Å². The third kappa shape index (κ3) is 3.54. The molecule has 1 aliphatic rings. The van der Waals surface area contributed by atoms with E-state index in [-0.39, 0.29) is 18.4 Å². The van der Waals surface area contributed by atoms with Crippen LogP contribution in [0.25, 0.3) is 0 Å². The second kappa shape index (κ2) is 6.69. The van der Waals surface area contributed by atoms with Crippen LogP contribution < -0.4 is 5.32 Å². The van der Waals surface area contributed by atoms with Crippen molar-refractivity contribution in [1.29, 1.82) is 0 Å². The number of hydrogen-bond donors (Lipinski definition) is 1. The SMILES string of the molecule is Cc1ccc(S(=O)(=O)[C@@H](CNC(=O)C2CC2)c2cccs2)cc1C. The van der Waals surface area contributed by atoms with Gasteiger partial charge in [0.1, 0.15) is 5.25 Å². The van der Waals surface area contributed by atoms with Gasteiger partial charge in [-0.05, 0) is 61.4 Å². The minimum absolute atomic E-state index is 0.0353. The molecular weight excluding hydrogens is 342 g/mol. The molecule has 0 aliphatic heterocycles. The molecule has 1 aliphatic carbocycles. The average molecular weight is 364 g/mol. The molecule has 0 radical (unpaired) electrons. The van der Waals surface area contributed by atoms with Crippen molar-refractivity contribution in [2.75, 3.05) is 6.54 Å². The molecule has 24 heavy (non-hydrogen) atoms. The third-order valence-electron chi connectivity index (χ3n) is 4.45. The molecule has 4 nitrogen and oxygen atoms in total. The van der Waals surface area contributed by atoms with Gasteiger partial charge in [-0.25, -0.2) is 8.42 Å². The number of sulfone groups is 1. The van der Waals surface area contributed by atoms with Crippen molar-refractivity contribution in [1.82, 2.24) is 5.32 Å². The fourth-order valence-corrected chi connectivity index (χ4v) is 5.44. The van der Waals surface area contributed by atoms with Crippen LogP contribution in [0.1, 0.15) is 34.1 Å². The van der Waals surface area contributed by atoms with E-state index in [1.165, 1.54) is 11.3 Å². The molecule has 128 valence electrons. The first-order valence-electron chi connectivity index (χ1n) is 8.02. The minimum Gasteiger partial charge on any atom is -0.354 e. The van der Waals surface area contributed by atoms with E-state index in [1.807, 2.05) is 37.4 Å². The zero-order chi connectivity index (χ0) is 17.3. The first kappa shape index (κ1) is 17.2. The van der Waals surface area contributed by atoms with E-state index >= 15 is 0 Å². The Labute approximate surface area is 146 Å². The number of thiophene rings is 1. The molecule has 0 bridgehead atoms. The van der Waals surface area contributed by atoms with Crippen molar-refractivity contribution >= 4 is 27.1 Å². The summed E-state index contributed by atoms with van der Waals surface area (Å²) >= 11 is 1.41. The second-order valence-electron chi connectivity index (χ2n) is 6.31. The summed E-state index contributed by atoms with van der Waals surface area (Å²) in [4.78, 5) is 13.0. The van der Waals surface area contributed by atoms with E-state index in [0.717, 1.165) is 28.8 Å². The lowest BCUT2D eigenvalue weighted by Gasteiger charge is -2.18. The van der Waals surface area contributed by atoms with E-state index in [9.17, 15) is 13.2 Å². The number of carbonyl (C=O) groups excluding carboxylic acids is 1. The number of rotatable bonds is 6. The number of hydrogen-bond acceptors (Lipinski definition) is 4. The molecule has 1 N–H and O–H groups in total. The molecule has 1 aromatic heterocycles. The van der Waals surface area contributed by atoms with Crippen LogP contribution in [-0.4, -0.2) is 20.9 Å². The van der Waals surface area contributed by atoms with Crippen molar-refractivity contribution < 1.29 is 13.2 Å². The normalized spacial score (nSPS) is 15.9. The van der Waals surface area contributed by atoms with Gasteiger partial charge in [-0.3, -0.25) is 4.79 Å². The highest BCUT2D eigenvalue weighted by Crippen LogP contribution is 2.33. The monoisotopic (exact) mass is 363 g/mol. The first-order valence-corrected chi connectivity index (χ1v) is 10.4. The Balaban J connectivity index is 1.90. The van der Waals surface area contributed by atoms with Crippen LogP contribution in [0.15, 0.2) is 40.6 Å². The minimum atomic E-state index is -3.57. The van der Waals surface area contributed by atoms with Gasteiger partial charge in [-0.1, -0.05) is 12.1 Å². The average Bonchev–Trinajstić information content (AvgIpc) is 3.26. The van der Waals surface area contributed by atoms with E-state index < -0.39 is 15.1 Å². The summed E-state index contributed by atoms with van der Waals surface area (Å²) in [6.45, 7) is 3.98. The van der Waals surface area contributed by atoms with Crippen LogP contribution in [0.4, 0.5) is 0 Å². The molecule has 1 heterocycles. The topological polar surface area (TPSA) is 63.2 Å². The van der Waals surface area contributed by atoms with Crippen LogP contribution in [0.3, 0.4) is 0 Å². The van der Waals surface area contributed by atoms with E-state index in [4.69, 9.17) is 0 Å². The van der Waals surface area contributed by atoms with Crippen LogP contribution >= 0.6 is 11.3 Å². The van der Waals surface area contributed by atoms with Crippen molar-refractivity contribution in [2.45, 2.75) is 36.8 Å². The Morgan fingerprint density at radius 3 is 2.58 bits per heavy atom. The zero-order valence-corrected chi connectivity index (χ0v) is 15.4. The van der Waals surface area contributed by atoms with Gasteiger partial charge in [0.25, 0.3) is 0 Å². The quantitative estimate of drug-likeness (QED) is 0.855. The van der Waals surface area contributed by atoms with E-state index in [2.05, 4.69) is 5.32 Å². The molecule has 2 aromatic rings. The number of nitrogens with one attached hydrogen (secondary N) is 1. The smallest absolute Gasteiger partial charge is 0.223 e. The Morgan fingerprint density at radius 2 is 2.00 bits per heavy atom. The standard InChI is InChI=1S/C18H21NO3S2/c1-12-5-8-15(10-13(12)2)24(21,22)17(16-4-3-9-23-16)11-19-18(20)14-6-7-14/h3-5,8-10,14,17H,6-7,11H2,1-2H3,(H,19,20)/t17-/m0/s1. The predicted octanol–water partition coefficient (Wildman–Crippen LogP) is 3.41. The second-order valence-corrected chi connectivity index (χ2v) is 9.42. The van der Waals surface area contributed by atoms with E-state index in [0.29, 0.717) is 4.90 Å². The van der Waals surface area contributed by atoms with Gasteiger partial charge in [0.15, 0.2) is 9.84 Å². The summed E-state index contributed by atoms with van der Waals surface area (Å²) in [6.07, 6.45) is 1.80. The Morgan fingerprint density at radius 1 is 1.25 bits per heavy atom. The molecule has 1 amide bonds. The van der Waals surface area contributed by atoms with Crippen LogP contribution in [0, 0.1) is 19.8 Å². The van der Waals surface area contributed by atoms with Gasteiger partial charge < -0.3 is 5.32 Å². The highest BCUT2D eigenvalue weighted by molar-refractivity contribution is 7.91. The lowest BCUT2D eigenvalue weighted by Crippen LogP contribution is -2.32. The van der Waals surface area contributed by atoms with Crippen molar-refractivity contribution in [3.05, 3.63) is 51.7 Å². The first-order chi connectivity index (χ1) is 11.4. The molecular formula is C18H21NO3S2. The summed E-state index contributed by atoms with van der Waals surface area (Å²) in [5.41, 5.74) is 2.01. The number of benzene rings is 1. The van der Waals surface area contributed by atoms with Gasteiger partial charge in [0.2, 0.25) is 5.91 Å². The fraction of sp³-hybridized carbons (Fsp3) is 0.389. The molecule has 1 atom stereocenters. The highest BCUT2D eigenvalue weighted by atomic mass is 32.2. The lowest BCUT2D eigenvalue weighted by atomic mass is 10.1. The van der Waals surface area contributed by atoms with Gasteiger partial charge >= 0.3 is 0 Å². The molecule has 1 aromatic carbocycles. The van der Waals surface area contributed by atoms with Gasteiger partial charge in [0.05, 0.1) is 4.90 Å². The largest absolute Gasteiger partial charge is 0.354 e. The van der Waals surface area contributed by atoms with E-state index in [1.54, 1.807) is 12.1 Å². The Hall–Kier alpha value is -1.66. The lowest BCUT2D eigenvalue weighted by molar-refractivity contribution is -0.122. The van der Waals surface area contributed by atoms with Crippen molar-refractivity contribution in [3.63, 3.8) is 0 Å². The fourth-order valence-electron chi connectivity index (χ4n) is 2.58. The maximum absolute atomic E-state index is 13.1. The maximum atomic E-state index is 13.1. The van der Waals surface area contributed by atoms with Gasteiger partial charge in [-0.15, -0.1) is 11.3 Å². The van der Waals surface area contributed by atoms with Crippen LogP contribution in [0.5, 0.6) is 0 Å². The molecule has 1 saturated carbocycles. The van der Waals surface area contributed by atoms with Crippen molar-refractivity contribution in [2.24, 2.45) is 5.92 Å². The van der Waals surface area contributed by atoms with Gasteiger partial charge in [-0.2, -0.15) is 0 Å². The summed E-state index contributed by atoms with van der Waals surface area (Å²) in [5, 5.41) is 3.94. The number of aryl methyl sites for hydroxylation is 2. The van der Waals surface area contributed by atoms with Crippen LogP contribution in [0.2, 0.25) is 0 Å². The maximum Gasteiger partial charge on any atom is 0.223 e. The summed E-state index contributed by atoms with van der Waals surface area (Å²) in [6, 6.07) is 8.86. The Bertz CT molecular complexity index is 837. The third-order valence-corrected chi connectivity index (χ3v) is 7.67. The molecule has 1 fully saturated rings. The highest BCUT2D eigenvalue weighted by Gasteiger charge is 2.34. The molecule has 6 heteroatoms. The summed E-state index contributed by atoms with van der Waals surface area (Å²) in [5.74, 6) is 0.0325. The molecule has 0 saturated heterocycles. The summed E-state index contributed by atoms with van der Waals surface area (Å²) < 4.78 is 26.3. The zero-order valence-electron chi connectivity index (χ0n) is 13.8. The van der Waals surface area contributed by atoms with Gasteiger partial charge in [0, 0.05) is 17.3 Å². The Kier molecular flexibility index (Phi) is 4.78. The predicted molar refractivity (Wildman–Crippen MR) is 95.9 cm³/mol. The molecule has 0 spiro atoms. The number of carbonyl (C=O) groups is 1. The number of amides is 1. The van der Waals surface area contributed by atoms with Crippen molar-refractivity contribution in [3.8, 4) is 0 Å². The molecule has 3 rings (SSSR count). The molecule has 0 unspecified atom stereocenters. The summed E-state index contributed by atoms with van der Waals surface area (Å²) in [7, 11) is -3.57.